The minimum Gasteiger partial charge on any atom is -0.390 e. The van der Waals surface area contributed by atoms with Crippen molar-refractivity contribution in [2.24, 2.45) is 13.0 Å². The molecule has 5 heterocycles. The molecule has 2 aromatic rings. The van der Waals surface area contributed by atoms with E-state index < -0.39 is 5.60 Å². The Morgan fingerprint density at radius 2 is 1.73 bits per heavy atom. The lowest BCUT2D eigenvalue weighted by molar-refractivity contribution is -0.0139. The highest BCUT2D eigenvalue weighted by molar-refractivity contribution is 6.28. The average Bonchev–Trinajstić information content (AvgIpc) is 3.13. The SMILES string of the molecule is Cn1c(CN2CCC(C(C)(C)O)CC2)nc2c(N3C4CCC3COC4)nc(Cl)nc21. The van der Waals surface area contributed by atoms with Crippen LogP contribution in [0.1, 0.15) is 45.4 Å². The molecule has 9 heteroatoms. The summed E-state index contributed by atoms with van der Waals surface area (Å²) in [7, 11) is 2.01. The van der Waals surface area contributed by atoms with Crippen LogP contribution in [0, 0.1) is 5.92 Å². The van der Waals surface area contributed by atoms with Crippen LogP contribution in [0.25, 0.3) is 11.2 Å². The maximum Gasteiger partial charge on any atom is 0.226 e. The monoisotopic (exact) mass is 434 g/mol. The Kier molecular flexibility index (Phi) is 5.16. The van der Waals surface area contributed by atoms with Crippen molar-refractivity contribution in [3.8, 4) is 0 Å². The van der Waals surface area contributed by atoms with Crippen LogP contribution in [0.4, 0.5) is 5.82 Å². The van der Waals surface area contributed by atoms with Crippen LogP contribution >= 0.6 is 11.6 Å². The molecule has 5 rings (SSSR count). The third-order valence-electron chi connectivity index (χ3n) is 7.20. The summed E-state index contributed by atoms with van der Waals surface area (Å²) in [6.45, 7) is 7.99. The number of piperidine rings is 1. The normalized spacial score (nSPS) is 26.1. The van der Waals surface area contributed by atoms with Gasteiger partial charge in [0.1, 0.15) is 5.82 Å². The third kappa shape index (κ3) is 3.57. The van der Waals surface area contributed by atoms with Gasteiger partial charge in [-0.05, 0) is 70.1 Å². The summed E-state index contributed by atoms with van der Waals surface area (Å²) in [5, 5.41) is 10.6. The van der Waals surface area contributed by atoms with Gasteiger partial charge >= 0.3 is 0 Å². The number of ether oxygens (including phenoxy) is 1. The van der Waals surface area contributed by atoms with Gasteiger partial charge in [-0.1, -0.05) is 0 Å². The molecule has 2 atom stereocenters. The predicted molar refractivity (Wildman–Crippen MR) is 116 cm³/mol. The number of aliphatic hydroxyl groups is 1. The first-order valence-corrected chi connectivity index (χ1v) is 11.4. The molecule has 0 aliphatic carbocycles. The van der Waals surface area contributed by atoms with Gasteiger partial charge in [-0.3, -0.25) is 4.90 Å². The first-order chi connectivity index (χ1) is 14.3. The van der Waals surface area contributed by atoms with Crippen molar-refractivity contribution in [1.82, 2.24) is 24.4 Å². The van der Waals surface area contributed by atoms with Gasteiger partial charge in [0, 0.05) is 7.05 Å². The van der Waals surface area contributed by atoms with E-state index in [4.69, 9.17) is 21.3 Å². The fourth-order valence-electron chi connectivity index (χ4n) is 5.36. The van der Waals surface area contributed by atoms with E-state index in [0.717, 1.165) is 81.3 Å². The summed E-state index contributed by atoms with van der Waals surface area (Å²) in [6.07, 6.45) is 4.23. The van der Waals surface area contributed by atoms with Crippen molar-refractivity contribution >= 4 is 28.6 Å². The molecule has 2 unspecified atom stereocenters. The second-order valence-electron chi connectivity index (χ2n) is 9.61. The molecule has 164 valence electrons. The number of halogens is 1. The van der Waals surface area contributed by atoms with E-state index in [1.54, 1.807) is 0 Å². The highest BCUT2D eigenvalue weighted by Crippen LogP contribution is 2.37. The predicted octanol–water partition coefficient (Wildman–Crippen LogP) is 2.37. The first-order valence-electron chi connectivity index (χ1n) is 11.0. The van der Waals surface area contributed by atoms with Gasteiger partial charge in [0.2, 0.25) is 5.28 Å². The quantitative estimate of drug-likeness (QED) is 0.740. The summed E-state index contributed by atoms with van der Waals surface area (Å²) in [6, 6.07) is 0.675. The summed E-state index contributed by atoms with van der Waals surface area (Å²) in [5.74, 6) is 2.18. The molecule has 3 aliphatic heterocycles. The summed E-state index contributed by atoms with van der Waals surface area (Å²) >= 11 is 6.34. The zero-order valence-corrected chi connectivity index (χ0v) is 18.8. The number of anilines is 1. The van der Waals surface area contributed by atoms with E-state index in [0.29, 0.717) is 18.0 Å². The van der Waals surface area contributed by atoms with Gasteiger partial charge in [0.05, 0.1) is 37.4 Å². The Balaban J connectivity index is 1.42. The van der Waals surface area contributed by atoms with E-state index in [9.17, 15) is 5.11 Å². The van der Waals surface area contributed by atoms with Crippen molar-refractivity contribution in [3.05, 3.63) is 11.1 Å². The molecular formula is C21H31ClN6O2. The van der Waals surface area contributed by atoms with Gasteiger partial charge in [-0.2, -0.15) is 9.97 Å². The maximum absolute atomic E-state index is 10.3. The van der Waals surface area contributed by atoms with E-state index in [1.165, 1.54) is 0 Å². The van der Waals surface area contributed by atoms with Gasteiger partial charge in [0.15, 0.2) is 17.0 Å². The Bertz CT molecular complexity index is 918. The zero-order valence-electron chi connectivity index (χ0n) is 18.0. The summed E-state index contributed by atoms with van der Waals surface area (Å²) < 4.78 is 7.80. The van der Waals surface area contributed by atoms with Crippen molar-refractivity contribution in [2.75, 3.05) is 31.2 Å². The molecule has 0 radical (unpaired) electrons. The summed E-state index contributed by atoms with van der Waals surface area (Å²) in [4.78, 5) is 18.9. The topological polar surface area (TPSA) is 79.5 Å². The van der Waals surface area contributed by atoms with Crippen LogP contribution in [0.3, 0.4) is 0 Å². The van der Waals surface area contributed by atoms with Crippen LogP contribution in [-0.2, 0) is 18.3 Å². The number of rotatable bonds is 4. The van der Waals surface area contributed by atoms with Crippen LogP contribution < -0.4 is 4.90 Å². The van der Waals surface area contributed by atoms with E-state index in [-0.39, 0.29) is 5.28 Å². The fraction of sp³-hybridized carbons (Fsp3) is 0.762. The van der Waals surface area contributed by atoms with Crippen molar-refractivity contribution in [3.63, 3.8) is 0 Å². The molecule has 3 fully saturated rings. The van der Waals surface area contributed by atoms with Crippen molar-refractivity contribution < 1.29 is 9.84 Å². The number of morpholine rings is 1. The fourth-order valence-corrected chi connectivity index (χ4v) is 5.52. The first kappa shape index (κ1) is 20.4. The van der Waals surface area contributed by atoms with Crippen molar-refractivity contribution in [1.29, 1.82) is 0 Å². The number of aryl methyl sites for hydroxylation is 1. The van der Waals surface area contributed by atoms with Gasteiger partial charge in [-0.25, -0.2) is 4.98 Å². The number of nitrogens with zero attached hydrogens (tertiary/aromatic N) is 6. The molecule has 3 aliphatic rings. The number of likely N-dealkylation sites (tertiary alicyclic amines) is 1. The largest absolute Gasteiger partial charge is 0.390 e. The van der Waals surface area contributed by atoms with Crippen LogP contribution in [0.15, 0.2) is 0 Å². The Labute approximate surface area is 182 Å². The van der Waals surface area contributed by atoms with Gasteiger partial charge in [-0.15, -0.1) is 0 Å². The lowest BCUT2D eigenvalue weighted by atomic mass is 9.83. The number of imidazole rings is 1. The molecule has 0 aromatic carbocycles. The second kappa shape index (κ2) is 7.58. The number of aromatic nitrogens is 4. The highest BCUT2D eigenvalue weighted by atomic mass is 35.5. The molecule has 1 N–H and O–H groups in total. The molecule has 0 saturated carbocycles. The smallest absolute Gasteiger partial charge is 0.226 e. The van der Waals surface area contributed by atoms with Gasteiger partial charge < -0.3 is 19.3 Å². The summed E-state index contributed by atoms with van der Waals surface area (Å²) in [5.41, 5.74) is 1.02. The number of hydrogen-bond acceptors (Lipinski definition) is 7. The molecule has 3 saturated heterocycles. The number of hydrogen-bond donors (Lipinski definition) is 1. The van der Waals surface area contributed by atoms with E-state index >= 15 is 0 Å². The minimum absolute atomic E-state index is 0.268. The maximum atomic E-state index is 10.3. The highest BCUT2D eigenvalue weighted by Gasteiger charge is 2.40. The lowest BCUT2D eigenvalue weighted by Crippen LogP contribution is -2.46. The molecule has 0 amide bonds. The third-order valence-corrected chi connectivity index (χ3v) is 7.37. The Hall–Kier alpha value is -1.48. The molecule has 2 aromatic heterocycles. The standard InChI is InChI=1S/C21H31ClN6O2/c1-21(2,29)13-6-8-27(9-7-13)10-16-23-17-18(26(16)3)24-20(22)25-19(17)28-14-4-5-15(28)12-30-11-14/h13-15,29H,4-12H2,1-3H3. The van der Waals surface area contributed by atoms with Crippen LogP contribution in [-0.4, -0.2) is 73.5 Å². The lowest BCUT2D eigenvalue weighted by Gasteiger charge is -2.37. The van der Waals surface area contributed by atoms with E-state index in [1.807, 2.05) is 20.9 Å². The Morgan fingerprint density at radius 3 is 2.37 bits per heavy atom. The average molecular weight is 435 g/mol. The zero-order chi connectivity index (χ0) is 21.0. The second-order valence-corrected chi connectivity index (χ2v) is 9.95. The molecule has 2 bridgehead atoms. The van der Waals surface area contributed by atoms with Crippen LogP contribution in [0.2, 0.25) is 5.28 Å². The molecular weight excluding hydrogens is 404 g/mol. The molecule has 0 spiro atoms. The van der Waals surface area contributed by atoms with Crippen LogP contribution in [0.5, 0.6) is 0 Å². The van der Waals surface area contributed by atoms with E-state index in [2.05, 4.69) is 24.3 Å². The minimum atomic E-state index is -0.608. The van der Waals surface area contributed by atoms with Crippen molar-refractivity contribution in [2.45, 2.75) is 63.8 Å². The molecule has 8 nitrogen and oxygen atoms in total. The number of fused-ring (bicyclic) bond motifs is 3. The molecule has 30 heavy (non-hydrogen) atoms. The van der Waals surface area contributed by atoms with Gasteiger partial charge in [0.25, 0.3) is 0 Å². The Morgan fingerprint density at radius 1 is 1.07 bits per heavy atom.